The number of aliphatic hydroxyl groups is 1. The lowest BCUT2D eigenvalue weighted by molar-refractivity contribution is -0.178. The average molecular weight is 312 g/mol. The van der Waals surface area contributed by atoms with Crippen LogP contribution in [0.4, 0.5) is 0 Å². The first-order valence-corrected chi connectivity index (χ1v) is 8.26. The molecule has 2 rings (SSSR count). The molecule has 2 aliphatic carbocycles. The SMILES string of the molecule is CCOC(=O)C1CCC(O)(C2(C(=O)OC(C)(C)C)CC2)CC1. The monoisotopic (exact) mass is 312 g/mol. The summed E-state index contributed by atoms with van der Waals surface area (Å²) in [5, 5.41) is 11.0. The molecule has 0 aromatic rings. The van der Waals surface area contributed by atoms with Gasteiger partial charge in [0.1, 0.15) is 5.60 Å². The standard InChI is InChI=1S/C17H28O5/c1-5-21-13(18)12-6-8-17(20,9-7-12)16(10-11-16)14(19)22-15(2,3)4/h12,20H,5-11H2,1-4H3. The van der Waals surface area contributed by atoms with Crippen LogP contribution in [0.2, 0.25) is 0 Å². The fourth-order valence-electron chi connectivity index (χ4n) is 3.43. The van der Waals surface area contributed by atoms with Crippen LogP contribution in [-0.2, 0) is 19.1 Å². The van der Waals surface area contributed by atoms with Gasteiger partial charge in [-0.05, 0) is 66.2 Å². The molecule has 0 radical (unpaired) electrons. The Hall–Kier alpha value is -1.10. The van der Waals surface area contributed by atoms with Crippen molar-refractivity contribution in [1.82, 2.24) is 0 Å². The molecule has 2 aliphatic rings. The molecule has 0 aromatic carbocycles. The van der Waals surface area contributed by atoms with Crippen molar-refractivity contribution >= 4 is 11.9 Å². The molecule has 0 bridgehead atoms. The van der Waals surface area contributed by atoms with Crippen LogP contribution in [-0.4, -0.2) is 34.9 Å². The summed E-state index contributed by atoms with van der Waals surface area (Å²) >= 11 is 0. The maximum absolute atomic E-state index is 12.5. The minimum atomic E-state index is -1.04. The molecule has 1 N–H and O–H groups in total. The lowest BCUT2D eigenvalue weighted by atomic mass is 9.70. The third-order valence-electron chi connectivity index (χ3n) is 4.86. The Bertz CT molecular complexity index is 436. The zero-order valence-electron chi connectivity index (χ0n) is 14.1. The van der Waals surface area contributed by atoms with E-state index in [0.717, 1.165) is 0 Å². The van der Waals surface area contributed by atoms with Gasteiger partial charge < -0.3 is 14.6 Å². The minimum absolute atomic E-state index is 0.158. The zero-order chi connectivity index (χ0) is 16.6. The molecule has 22 heavy (non-hydrogen) atoms. The van der Waals surface area contributed by atoms with Crippen LogP contribution >= 0.6 is 0 Å². The van der Waals surface area contributed by atoms with Crippen LogP contribution in [0.15, 0.2) is 0 Å². The third-order valence-corrected chi connectivity index (χ3v) is 4.86. The van der Waals surface area contributed by atoms with E-state index in [1.54, 1.807) is 6.92 Å². The Morgan fingerprint density at radius 1 is 1.14 bits per heavy atom. The van der Waals surface area contributed by atoms with E-state index in [1.165, 1.54) is 0 Å². The van der Waals surface area contributed by atoms with Gasteiger partial charge in [-0.3, -0.25) is 9.59 Å². The van der Waals surface area contributed by atoms with E-state index in [1.807, 2.05) is 20.8 Å². The van der Waals surface area contributed by atoms with E-state index < -0.39 is 16.6 Å². The number of hydrogen-bond acceptors (Lipinski definition) is 5. The van der Waals surface area contributed by atoms with Gasteiger partial charge in [0.15, 0.2) is 0 Å². The first-order chi connectivity index (χ1) is 10.1. The van der Waals surface area contributed by atoms with Gasteiger partial charge >= 0.3 is 11.9 Å². The van der Waals surface area contributed by atoms with Crippen LogP contribution in [0.3, 0.4) is 0 Å². The number of esters is 2. The van der Waals surface area contributed by atoms with Crippen LogP contribution in [0.25, 0.3) is 0 Å². The van der Waals surface area contributed by atoms with Gasteiger partial charge in [-0.25, -0.2) is 0 Å². The molecule has 0 spiro atoms. The van der Waals surface area contributed by atoms with Gasteiger partial charge in [0, 0.05) is 0 Å². The summed E-state index contributed by atoms with van der Waals surface area (Å²) in [4.78, 5) is 24.3. The van der Waals surface area contributed by atoms with Crippen molar-refractivity contribution in [2.45, 2.75) is 77.4 Å². The molecular weight excluding hydrogens is 284 g/mol. The average Bonchev–Trinajstić information content (AvgIpc) is 3.19. The molecule has 2 saturated carbocycles. The summed E-state index contributed by atoms with van der Waals surface area (Å²) in [6.45, 7) is 7.67. The van der Waals surface area contributed by atoms with Crippen LogP contribution in [0, 0.1) is 11.3 Å². The molecule has 5 heteroatoms. The molecule has 0 unspecified atom stereocenters. The largest absolute Gasteiger partial charge is 0.466 e. The van der Waals surface area contributed by atoms with Crippen molar-refractivity contribution in [3.05, 3.63) is 0 Å². The lowest BCUT2D eigenvalue weighted by Gasteiger charge is -2.41. The van der Waals surface area contributed by atoms with Crippen molar-refractivity contribution in [3.63, 3.8) is 0 Å². The number of carbonyl (C=O) groups excluding carboxylic acids is 2. The van der Waals surface area contributed by atoms with Crippen LogP contribution in [0.1, 0.15) is 66.2 Å². The fraction of sp³-hybridized carbons (Fsp3) is 0.882. The van der Waals surface area contributed by atoms with Gasteiger partial charge in [0.2, 0.25) is 0 Å². The first kappa shape index (κ1) is 17.3. The highest BCUT2D eigenvalue weighted by molar-refractivity contribution is 5.82. The first-order valence-electron chi connectivity index (χ1n) is 8.26. The lowest BCUT2D eigenvalue weighted by Crippen LogP contribution is -2.49. The molecular formula is C17H28O5. The van der Waals surface area contributed by atoms with E-state index in [9.17, 15) is 14.7 Å². The predicted molar refractivity (Wildman–Crippen MR) is 81.1 cm³/mol. The van der Waals surface area contributed by atoms with Crippen molar-refractivity contribution in [2.75, 3.05) is 6.61 Å². The van der Waals surface area contributed by atoms with Crippen molar-refractivity contribution < 1.29 is 24.2 Å². The van der Waals surface area contributed by atoms with E-state index in [0.29, 0.717) is 45.1 Å². The molecule has 0 amide bonds. The second kappa shape index (κ2) is 5.84. The summed E-state index contributed by atoms with van der Waals surface area (Å²) in [5.41, 5.74) is -2.36. The molecule has 0 heterocycles. The highest BCUT2D eigenvalue weighted by Gasteiger charge is 2.65. The summed E-state index contributed by atoms with van der Waals surface area (Å²) in [6.07, 6.45) is 3.39. The Balaban J connectivity index is 2.01. The molecule has 5 nitrogen and oxygen atoms in total. The highest BCUT2D eigenvalue weighted by Crippen LogP contribution is 2.60. The van der Waals surface area contributed by atoms with Crippen molar-refractivity contribution in [1.29, 1.82) is 0 Å². The van der Waals surface area contributed by atoms with Crippen LogP contribution in [0.5, 0.6) is 0 Å². The van der Waals surface area contributed by atoms with Gasteiger partial charge in [-0.2, -0.15) is 0 Å². The highest BCUT2D eigenvalue weighted by atomic mass is 16.6. The second-order valence-corrected chi connectivity index (χ2v) is 7.64. The maximum atomic E-state index is 12.5. The number of carbonyl (C=O) groups is 2. The summed E-state index contributed by atoms with van der Waals surface area (Å²) in [7, 11) is 0. The molecule has 0 atom stereocenters. The normalized spacial score (nSPS) is 30.5. The molecule has 0 saturated heterocycles. The number of rotatable bonds is 4. The Morgan fingerprint density at radius 2 is 1.68 bits per heavy atom. The van der Waals surface area contributed by atoms with Crippen molar-refractivity contribution in [3.8, 4) is 0 Å². The summed E-state index contributed by atoms with van der Waals surface area (Å²) < 4.78 is 10.6. The summed E-state index contributed by atoms with van der Waals surface area (Å²) in [5.74, 6) is -0.640. The minimum Gasteiger partial charge on any atom is -0.466 e. The zero-order valence-corrected chi connectivity index (χ0v) is 14.1. The topological polar surface area (TPSA) is 72.8 Å². The Morgan fingerprint density at radius 3 is 2.09 bits per heavy atom. The Kier molecular flexibility index (Phi) is 4.58. The van der Waals surface area contributed by atoms with E-state index >= 15 is 0 Å². The van der Waals surface area contributed by atoms with Crippen molar-refractivity contribution in [2.24, 2.45) is 11.3 Å². The third kappa shape index (κ3) is 3.29. The van der Waals surface area contributed by atoms with Gasteiger partial charge in [0.05, 0.1) is 23.5 Å². The van der Waals surface area contributed by atoms with Crippen LogP contribution < -0.4 is 0 Å². The van der Waals surface area contributed by atoms with E-state index in [4.69, 9.17) is 9.47 Å². The molecule has 2 fully saturated rings. The quantitative estimate of drug-likeness (QED) is 0.808. The van der Waals surface area contributed by atoms with Gasteiger partial charge in [0.25, 0.3) is 0 Å². The van der Waals surface area contributed by atoms with E-state index in [2.05, 4.69) is 0 Å². The van der Waals surface area contributed by atoms with Gasteiger partial charge in [-0.15, -0.1) is 0 Å². The molecule has 0 aromatic heterocycles. The fourth-order valence-corrected chi connectivity index (χ4v) is 3.43. The maximum Gasteiger partial charge on any atom is 0.315 e. The smallest absolute Gasteiger partial charge is 0.315 e. The van der Waals surface area contributed by atoms with E-state index in [-0.39, 0.29) is 17.9 Å². The molecule has 126 valence electrons. The second-order valence-electron chi connectivity index (χ2n) is 7.64. The van der Waals surface area contributed by atoms with Gasteiger partial charge in [-0.1, -0.05) is 0 Å². The summed E-state index contributed by atoms with van der Waals surface area (Å²) in [6, 6.07) is 0. The predicted octanol–water partition coefficient (Wildman–Crippen LogP) is 2.59. The Labute approximate surface area is 132 Å². The number of hydrogen-bond donors (Lipinski definition) is 1. The number of ether oxygens (including phenoxy) is 2. The molecule has 0 aliphatic heterocycles.